The van der Waals surface area contributed by atoms with Crippen LogP contribution < -0.4 is 11.1 Å². The molecule has 0 aliphatic carbocycles. The minimum Gasteiger partial charge on any atom is -0.389 e. The molecular formula is C8H20N2O. The predicted octanol–water partition coefficient (Wildman–Crippen LogP) is 0.0842. The van der Waals surface area contributed by atoms with Gasteiger partial charge >= 0.3 is 0 Å². The first-order valence-electron chi connectivity index (χ1n) is 4.11. The van der Waals surface area contributed by atoms with Gasteiger partial charge in [-0.2, -0.15) is 0 Å². The van der Waals surface area contributed by atoms with Crippen LogP contribution in [0.15, 0.2) is 0 Å². The fourth-order valence-corrected chi connectivity index (χ4v) is 0.776. The van der Waals surface area contributed by atoms with E-state index in [4.69, 9.17) is 5.73 Å². The molecule has 1 atom stereocenters. The van der Waals surface area contributed by atoms with Crippen LogP contribution in [0.5, 0.6) is 0 Å². The molecule has 0 aliphatic rings. The highest BCUT2D eigenvalue weighted by Crippen LogP contribution is 1.98. The predicted molar refractivity (Wildman–Crippen MR) is 47.4 cm³/mol. The highest BCUT2D eigenvalue weighted by atomic mass is 16.3. The second-order valence-electron chi connectivity index (χ2n) is 3.67. The Morgan fingerprint density at radius 1 is 1.55 bits per heavy atom. The number of hydrogen-bond acceptors (Lipinski definition) is 3. The molecule has 0 bridgehead atoms. The van der Waals surface area contributed by atoms with E-state index in [1.807, 2.05) is 0 Å². The van der Waals surface area contributed by atoms with Crippen LogP contribution in [-0.2, 0) is 0 Å². The first-order valence-corrected chi connectivity index (χ1v) is 4.11. The number of aliphatic hydroxyl groups is 1. The van der Waals surface area contributed by atoms with Crippen LogP contribution in [0.25, 0.3) is 0 Å². The maximum atomic E-state index is 9.34. The van der Waals surface area contributed by atoms with Gasteiger partial charge in [0.2, 0.25) is 0 Å². The average Bonchev–Trinajstić information content (AvgIpc) is 1.83. The van der Waals surface area contributed by atoms with E-state index in [1.54, 1.807) is 13.8 Å². The van der Waals surface area contributed by atoms with Crippen LogP contribution in [0.4, 0.5) is 0 Å². The molecule has 0 saturated heterocycles. The van der Waals surface area contributed by atoms with Gasteiger partial charge in [-0.25, -0.2) is 0 Å². The molecule has 0 aromatic carbocycles. The number of rotatable bonds is 5. The van der Waals surface area contributed by atoms with Gasteiger partial charge < -0.3 is 16.2 Å². The topological polar surface area (TPSA) is 58.3 Å². The maximum Gasteiger partial charge on any atom is 0.0715 e. The molecular weight excluding hydrogens is 140 g/mol. The number of nitrogens with one attached hydrogen (secondary N) is 1. The number of nitrogens with two attached hydrogens (primary N) is 1. The van der Waals surface area contributed by atoms with Crippen molar-refractivity contribution in [1.29, 1.82) is 0 Å². The van der Waals surface area contributed by atoms with E-state index in [2.05, 4.69) is 12.2 Å². The van der Waals surface area contributed by atoms with Gasteiger partial charge in [-0.15, -0.1) is 0 Å². The Balaban J connectivity index is 3.38. The fraction of sp³-hybridized carbons (Fsp3) is 1.00. The minimum atomic E-state index is -0.622. The first-order chi connectivity index (χ1) is 4.95. The summed E-state index contributed by atoms with van der Waals surface area (Å²) < 4.78 is 0. The van der Waals surface area contributed by atoms with E-state index < -0.39 is 5.60 Å². The Morgan fingerprint density at radius 3 is 2.45 bits per heavy atom. The molecule has 68 valence electrons. The lowest BCUT2D eigenvalue weighted by atomic mass is 10.1. The molecule has 0 amide bonds. The van der Waals surface area contributed by atoms with Gasteiger partial charge in [0.25, 0.3) is 0 Å². The van der Waals surface area contributed by atoms with Crippen LogP contribution in [-0.4, -0.2) is 29.8 Å². The van der Waals surface area contributed by atoms with Crippen molar-refractivity contribution < 1.29 is 5.11 Å². The number of hydrogen-bond donors (Lipinski definition) is 3. The van der Waals surface area contributed by atoms with Crippen molar-refractivity contribution in [3.05, 3.63) is 0 Å². The summed E-state index contributed by atoms with van der Waals surface area (Å²) in [6.07, 6.45) is 0.954. The zero-order chi connectivity index (χ0) is 8.91. The van der Waals surface area contributed by atoms with E-state index in [1.165, 1.54) is 0 Å². The Morgan fingerprint density at radius 2 is 2.09 bits per heavy atom. The highest BCUT2D eigenvalue weighted by Gasteiger charge is 2.12. The van der Waals surface area contributed by atoms with E-state index in [0.717, 1.165) is 6.42 Å². The molecule has 1 unspecified atom stereocenters. The Bertz CT molecular complexity index is 98.8. The monoisotopic (exact) mass is 160 g/mol. The Kier molecular flexibility index (Phi) is 4.65. The molecule has 3 nitrogen and oxygen atoms in total. The van der Waals surface area contributed by atoms with E-state index in [9.17, 15) is 5.11 Å². The van der Waals surface area contributed by atoms with Crippen molar-refractivity contribution in [3.8, 4) is 0 Å². The molecule has 0 aliphatic heterocycles. The van der Waals surface area contributed by atoms with Crippen molar-refractivity contribution in [2.45, 2.75) is 38.8 Å². The van der Waals surface area contributed by atoms with Gasteiger partial charge in [0.05, 0.1) is 5.60 Å². The second kappa shape index (κ2) is 4.70. The lowest BCUT2D eigenvalue weighted by Gasteiger charge is -2.21. The zero-order valence-corrected chi connectivity index (χ0v) is 7.72. The van der Waals surface area contributed by atoms with Crippen molar-refractivity contribution in [2.24, 2.45) is 5.73 Å². The summed E-state index contributed by atoms with van der Waals surface area (Å²) in [7, 11) is 0. The largest absolute Gasteiger partial charge is 0.389 e. The summed E-state index contributed by atoms with van der Waals surface area (Å²) in [6, 6.07) is 0.395. The summed E-state index contributed by atoms with van der Waals surface area (Å²) in [5.74, 6) is 0. The molecule has 0 heterocycles. The molecule has 0 spiro atoms. The lowest BCUT2D eigenvalue weighted by molar-refractivity contribution is 0.0768. The standard InChI is InChI=1S/C8H20N2O/c1-7(4-5-9)10-6-8(2,3)11/h7,10-11H,4-6,9H2,1-3H3. The van der Waals surface area contributed by atoms with Gasteiger partial charge in [0, 0.05) is 12.6 Å². The Hall–Kier alpha value is -0.120. The smallest absolute Gasteiger partial charge is 0.0715 e. The van der Waals surface area contributed by atoms with Crippen molar-refractivity contribution in [2.75, 3.05) is 13.1 Å². The normalized spacial score (nSPS) is 15.0. The molecule has 0 rings (SSSR count). The molecule has 11 heavy (non-hydrogen) atoms. The third kappa shape index (κ3) is 7.78. The molecule has 4 N–H and O–H groups in total. The summed E-state index contributed by atoms with van der Waals surface area (Å²) in [4.78, 5) is 0. The molecule has 0 radical (unpaired) electrons. The minimum absolute atomic E-state index is 0.395. The molecule has 0 saturated carbocycles. The fourth-order valence-electron chi connectivity index (χ4n) is 0.776. The molecule has 0 aromatic rings. The van der Waals surface area contributed by atoms with Gasteiger partial charge in [0.1, 0.15) is 0 Å². The van der Waals surface area contributed by atoms with Crippen molar-refractivity contribution in [3.63, 3.8) is 0 Å². The summed E-state index contributed by atoms with van der Waals surface area (Å²) in [5.41, 5.74) is 4.74. The molecule has 0 fully saturated rings. The van der Waals surface area contributed by atoms with Gasteiger partial charge in [-0.05, 0) is 33.7 Å². The van der Waals surface area contributed by atoms with Crippen LogP contribution in [0.3, 0.4) is 0 Å². The van der Waals surface area contributed by atoms with Gasteiger partial charge in [-0.3, -0.25) is 0 Å². The third-order valence-corrected chi connectivity index (χ3v) is 1.48. The van der Waals surface area contributed by atoms with Crippen molar-refractivity contribution in [1.82, 2.24) is 5.32 Å². The maximum absolute atomic E-state index is 9.34. The summed E-state index contributed by atoms with van der Waals surface area (Å²) in [5, 5.41) is 12.5. The van der Waals surface area contributed by atoms with Crippen LogP contribution in [0, 0.1) is 0 Å². The van der Waals surface area contributed by atoms with E-state index in [-0.39, 0.29) is 0 Å². The Labute approximate surface area is 69.0 Å². The van der Waals surface area contributed by atoms with E-state index >= 15 is 0 Å². The zero-order valence-electron chi connectivity index (χ0n) is 7.72. The SMILES string of the molecule is CC(CCN)NCC(C)(C)O. The quantitative estimate of drug-likeness (QED) is 0.534. The van der Waals surface area contributed by atoms with Crippen LogP contribution in [0.1, 0.15) is 27.2 Å². The summed E-state index contributed by atoms with van der Waals surface area (Å²) in [6.45, 7) is 6.96. The summed E-state index contributed by atoms with van der Waals surface area (Å²) >= 11 is 0. The van der Waals surface area contributed by atoms with Gasteiger partial charge in [0.15, 0.2) is 0 Å². The molecule has 3 heteroatoms. The first kappa shape index (κ1) is 10.9. The third-order valence-electron chi connectivity index (χ3n) is 1.48. The van der Waals surface area contributed by atoms with E-state index in [0.29, 0.717) is 19.1 Å². The van der Waals surface area contributed by atoms with Crippen molar-refractivity contribution >= 4 is 0 Å². The molecule has 0 aromatic heterocycles. The van der Waals surface area contributed by atoms with Crippen LogP contribution >= 0.6 is 0 Å². The van der Waals surface area contributed by atoms with Gasteiger partial charge in [-0.1, -0.05) is 0 Å². The second-order valence-corrected chi connectivity index (χ2v) is 3.67. The average molecular weight is 160 g/mol. The lowest BCUT2D eigenvalue weighted by Crippen LogP contribution is -2.40. The highest BCUT2D eigenvalue weighted by molar-refractivity contribution is 4.71. The van der Waals surface area contributed by atoms with Crippen LogP contribution in [0.2, 0.25) is 0 Å².